The lowest BCUT2D eigenvalue weighted by Gasteiger charge is -2.14. The molecule has 0 atom stereocenters. The molecule has 1 aliphatic heterocycles. The molecule has 7 heteroatoms. The Morgan fingerprint density at radius 2 is 1.69 bits per heavy atom. The summed E-state index contributed by atoms with van der Waals surface area (Å²) in [6, 6.07) is 25.9. The Kier molecular flexibility index (Phi) is 7.75. The van der Waals surface area contributed by atoms with Gasteiger partial charge in [0.05, 0.1) is 16.5 Å². The minimum atomic E-state index is -0.0223. The Hall–Kier alpha value is -3.06. The number of para-hydroxylation sites is 2. The molecule has 0 aliphatic carbocycles. The van der Waals surface area contributed by atoms with Crippen molar-refractivity contribution in [1.29, 1.82) is 0 Å². The minimum Gasteiger partial charge on any atom is -0.492 e. The maximum absolute atomic E-state index is 13.2. The second-order valence-electron chi connectivity index (χ2n) is 8.50. The van der Waals surface area contributed by atoms with Crippen LogP contribution in [-0.2, 0) is 17.8 Å². The molecule has 0 N–H and O–H groups in total. The van der Waals surface area contributed by atoms with E-state index in [1.807, 2.05) is 60.7 Å². The molecule has 5 rings (SSSR count). The van der Waals surface area contributed by atoms with Crippen LogP contribution in [0.1, 0.15) is 17.5 Å². The van der Waals surface area contributed by atoms with Gasteiger partial charge in [-0.1, -0.05) is 96.2 Å². The van der Waals surface area contributed by atoms with Gasteiger partial charge >= 0.3 is 0 Å². The van der Waals surface area contributed by atoms with E-state index in [9.17, 15) is 4.79 Å². The van der Waals surface area contributed by atoms with Gasteiger partial charge in [-0.3, -0.25) is 9.69 Å². The van der Waals surface area contributed by atoms with E-state index in [1.54, 1.807) is 4.90 Å². The van der Waals surface area contributed by atoms with Gasteiger partial charge < -0.3 is 9.30 Å². The molecule has 2 heterocycles. The van der Waals surface area contributed by atoms with Crippen molar-refractivity contribution >= 4 is 62.8 Å². The summed E-state index contributed by atoms with van der Waals surface area (Å²) in [5.74, 6) is 0.678. The first kappa shape index (κ1) is 24.6. The van der Waals surface area contributed by atoms with E-state index in [-0.39, 0.29) is 5.91 Å². The summed E-state index contributed by atoms with van der Waals surface area (Å²) in [5.41, 5.74) is 3.33. The fraction of sp³-hybridized carbons (Fsp3) is 0.172. The number of rotatable bonds is 9. The number of nitrogens with zero attached hydrogens (tertiary/aromatic N) is 2. The molecule has 0 radical (unpaired) electrons. The van der Waals surface area contributed by atoms with Crippen molar-refractivity contribution in [2.75, 3.05) is 13.2 Å². The smallest absolute Gasteiger partial charge is 0.266 e. The second-order valence-corrected chi connectivity index (χ2v) is 10.6. The topological polar surface area (TPSA) is 34.5 Å². The van der Waals surface area contributed by atoms with Gasteiger partial charge in [0.2, 0.25) is 0 Å². The number of benzene rings is 3. The number of carbonyl (C=O) groups excluding carboxylic acids is 1. The number of aryl methyl sites for hydroxylation is 1. The molecule has 0 spiro atoms. The van der Waals surface area contributed by atoms with E-state index >= 15 is 0 Å². The number of thioether (sulfide) groups is 1. The van der Waals surface area contributed by atoms with Gasteiger partial charge in [0.25, 0.3) is 5.91 Å². The first-order valence-corrected chi connectivity index (χ1v) is 13.4. The fourth-order valence-electron chi connectivity index (χ4n) is 4.27. The number of fused-ring (bicyclic) bond motifs is 1. The normalized spacial score (nSPS) is 14.8. The number of aromatic nitrogens is 1. The van der Waals surface area contributed by atoms with Gasteiger partial charge in [0.1, 0.15) is 10.1 Å². The van der Waals surface area contributed by atoms with Gasteiger partial charge in [-0.25, -0.2) is 0 Å². The minimum absolute atomic E-state index is 0.0223. The van der Waals surface area contributed by atoms with E-state index < -0.39 is 0 Å². The van der Waals surface area contributed by atoms with E-state index in [0.29, 0.717) is 33.1 Å². The number of hydrogen-bond donors (Lipinski definition) is 0. The van der Waals surface area contributed by atoms with Crippen molar-refractivity contribution in [3.05, 3.63) is 106 Å². The molecule has 0 unspecified atom stereocenters. The van der Waals surface area contributed by atoms with Gasteiger partial charge in [-0.15, -0.1) is 0 Å². The molecule has 0 saturated carbocycles. The quantitative estimate of drug-likeness (QED) is 0.130. The molecular weight excluding hydrogens is 508 g/mol. The monoisotopic (exact) mass is 532 g/mol. The third kappa shape index (κ3) is 5.51. The van der Waals surface area contributed by atoms with E-state index in [4.69, 9.17) is 28.6 Å². The Balaban J connectivity index is 1.29. The van der Waals surface area contributed by atoms with Crippen molar-refractivity contribution in [2.24, 2.45) is 0 Å². The predicted octanol–water partition coefficient (Wildman–Crippen LogP) is 7.21. The highest BCUT2D eigenvalue weighted by Gasteiger charge is 2.31. The van der Waals surface area contributed by atoms with Crippen molar-refractivity contribution < 1.29 is 9.53 Å². The highest BCUT2D eigenvalue weighted by Crippen LogP contribution is 2.34. The number of amides is 1. The van der Waals surface area contributed by atoms with E-state index in [0.717, 1.165) is 35.9 Å². The molecule has 182 valence electrons. The van der Waals surface area contributed by atoms with Gasteiger partial charge in [-0.05, 0) is 42.7 Å². The SMILES string of the molecule is O=C1/C(=C/c2cn(CCCOc3ccccc3Cl)c3ccccc23)SC(=S)N1CCc1ccccc1. The van der Waals surface area contributed by atoms with E-state index in [1.165, 1.54) is 17.3 Å². The maximum Gasteiger partial charge on any atom is 0.266 e. The van der Waals surface area contributed by atoms with Gasteiger partial charge in [-0.2, -0.15) is 0 Å². The van der Waals surface area contributed by atoms with Crippen LogP contribution in [0, 0.1) is 0 Å². The second kappa shape index (κ2) is 11.3. The third-order valence-electron chi connectivity index (χ3n) is 6.08. The molecule has 1 aromatic heterocycles. The Bertz CT molecular complexity index is 1430. The Morgan fingerprint density at radius 3 is 2.53 bits per heavy atom. The van der Waals surface area contributed by atoms with Crippen LogP contribution in [0.5, 0.6) is 5.75 Å². The average Bonchev–Trinajstić information content (AvgIpc) is 3.38. The molecule has 1 amide bonds. The van der Waals surface area contributed by atoms with Crippen LogP contribution in [-0.4, -0.2) is 32.8 Å². The number of thiocarbonyl (C=S) groups is 1. The average molecular weight is 533 g/mol. The number of carbonyl (C=O) groups is 1. The zero-order valence-corrected chi connectivity index (χ0v) is 22.0. The lowest BCUT2D eigenvalue weighted by Crippen LogP contribution is -2.30. The fourth-order valence-corrected chi connectivity index (χ4v) is 5.76. The molecule has 4 aromatic rings. The number of hydrogen-bond acceptors (Lipinski definition) is 4. The first-order chi connectivity index (χ1) is 17.6. The molecule has 1 fully saturated rings. The van der Waals surface area contributed by atoms with Gasteiger partial charge in [0.15, 0.2) is 0 Å². The predicted molar refractivity (Wildman–Crippen MR) is 154 cm³/mol. The van der Waals surface area contributed by atoms with Crippen molar-refractivity contribution in [1.82, 2.24) is 9.47 Å². The third-order valence-corrected chi connectivity index (χ3v) is 7.77. The zero-order valence-electron chi connectivity index (χ0n) is 19.6. The van der Waals surface area contributed by atoms with Crippen LogP contribution in [0.3, 0.4) is 0 Å². The molecular formula is C29H25ClN2O2S2. The Labute approximate surface area is 225 Å². The summed E-state index contributed by atoms with van der Waals surface area (Å²) in [4.78, 5) is 15.5. The van der Waals surface area contributed by atoms with Crippen LogP contribution < -0.4 is 4.74 Å². The molecule has 1 saturated heterocycles. The molecule has 4 nitrogen and oxygen atoms in total. The number of ether oxygens (including phenoxy) is 1. The van der Waals surface area contributed by atoms with Crippen LogP contribution >= 0.6 is 35.6 Å². The summed E-state index contributed by atoms with van der Waals surface area (Å²) in [7, 11) is 0. The largest absolute Gasteiger partial charge is 0.492 e. The maximum atomic E-state index is 13.2. The van der Waals surface area contributed by atoms with E-state index in [2.05, 4.69) is 35.0 Å². The standard InChI is InChI=1S/C29H25ClN2O2S2/c30-24-12-5-7-14-26(24)34-18-8-16-31-20-22(23-11-4-6-13-25(23)31)19-27-28(33)32(29(35)36-27)17-15-21-9-2-1-3-10-21/h1-7,9-14,19-20H,8,15-18H2/b27-19-. The highest BCUT2D eigenvalue weighted by atomic mass is 35.5. The molecule has 3 aromatic carbocycles. The lowest BCUT2D eigenvalue weighted by molar-refractivity contribution is -0.122. The first-order valence-electron chi connectivity index (χ1n) is 11.8. The summed E-state index contributed by atoms with van der Waals surface area (Å²) in [6.07, 6.45) is 5.68. The van der Waals surface area contributed by atoms with Crippen LogP contribution in [0.15, 0.2) is 90.0 Å². The van der Waals surface area contributed by atoms with Crippen molar-refractivity contribution in [3.8, 4) is 5.75 Å². The highest BCUT2D eigenvalue weighted by molar-refractivity contribution is 8.26. The summed E-state index contributed by atoms with van der Waals surface area (Å²) in [5, 5.41) is 1.73. The van der Waals surface area contributed by atoms with Crippen molar-refractivity contribution in [2.45, 2.75) is 19.4 Å². The van der Waals surface area contributed by atoms with Crippen molar-refractivity contribution in [3.63, 3.8) is 0 Å². The molecule has 1 aliphatic rings. The molecule has 36 heavy (non-hydrogen) atoms. The van der Waals surface area contributed by atoms with Crippen LogP contribution in [0.4, 0.5) is 0 Å². The summed E-state index contributed by atoms with van der Waals surface area (Å²) < 4.78 is 8.68. The summed E-state index contributed by atoms with van der Waals surface area (Å²) >= 11 is 13.1. The zero-order chi connectivity index (χ0) is 24.9. The number of halogens is 1. The Morgan fingerprint density at radius 1 is 0.944 bits per heavy atom. The lowest BCUT2D eigenvalue weighted by atomic mass is 10.1. The molecule has 0 bridgehead atoms. The van der Waals surface area contributed by atoms with Crippen LogP contribution in [0.2, 0.25) is 5.02 Å². The van der Waals surface area contributed by atoms with Gasteiger partial charge in [0, 0.05) is 35.8 Å². The van der Waals surface area contributed by atoms with Crippen LogP contribution in [0.25, 0.3) is 17.0 Å². The summed E-state index contributed by atoms with van der Waals surface area (Å²) in [6.45, 7) is 1.93.